The Bertz CT molecular complexity index is 376. The van der Waals surface area contributed by atoms with E-state index in [-0.39, 0.29) is 0 Å². The van der Waals surface area contributed by atoms with Crippen LogP contribution in [0.15, 0.2) is 16.6 Å². The first kappa shape index (κ1) is 17.4. The maximum absolute atomic E-state index is 5.48. The smallest absolute Gasteiger partial charge is 0.0701 e. The van der Waals surface area contributed by atoms with Crippen molar-refractivity contribution in [2.45, 2.75) is 13.8 Å². The van der Waals surface area contributed by atoms with Gasteiger partial charge in [-0.3, -0.25) is 0 Å². The fourth-order valence-corrected chi connectivity index (χ4v) is 2.01. The average Bonchev–Trinajstić information content (AvgIpc) is 2.43. The van der Waals surface area contributed by atoms with E-state index >= 15 is 0 Å². The zero-order valence-electron chi connectivity index (χ0n) is 12.5. The highest BCUT2D eigenvalue weighted by Gasteiger charge is 2.01. The average molecular weight is 346 g/mol. The van der Waals surface area contributed by atoms with E-state index in [9.17, 15) is 0 Å². The number of nitrogens with one attached hydrogen (secondary N) is 1. The first-order valence-corrected chi connectivity index (χ1v) is 7.59. The van der Waals surface area contributed by atoms with Gasteiger partial charge in [-0.25, -0.2) is 0 Å². The second-order valence-electron chi connectivity index (χ2n) is 4.57. The molecule has 1 N–H and O–H groups in total. The molecule has 0 aliphatic heterocycles. The van der Waals surface area contributed by atoms with Crippen LogP contribution in [0, 0.1) is 13.8 Å². The lowest BCUT2D eigenvalue weighted by Crippen LogP contribution is -2.13. The monoisotopic (exact) mass is 345 g/mol. The van der Waals surface area contributed by atoms with Gasteiger partial charge in [0.15, 0.2) is 0 Å². The summed E-state index contributed by atoms with van der Waals surface area (Å²) in [6.07, 6.45) is 0. The second kappa shape index (κ2) is 10.2. The van der Waals surface area contributed by atoms with Gasteiger partial charge in [0.05, 0.1) is 33.0 Å². The van der Waals surface area contributed by atoms with E-state index in [1.165, 1.54) is 15.6 Å². The second-order valence-corrected chi connectivity index (χ2v) is 5.36. The van der Waals surface area contributed by atoms with Gasteiger partial charge in [0.25, 0.3) is 0 Å². The summed E-state index contributed by atoms with van der Waals surface area (Å²) >= 11 is 3.57. The zero-order valence-corrected chi connectivity index (χ0v) is 14.1. The lowest BCUT2D eigenvalue weighted by molar-refractivity contribution is 0.0272. The SMILES string of the molecule is COCCOCCOCCNc1cc(C)c(Br)c(C)c1. The van der Waals surface area contributed by atoms with Crippen LogP contribution in [0.1, 0.15) is 11.1 Å². The first-order valence-electron chi connectivity index (χ1n) is 6.80. The van der Waals surface area contributed by atoms with E-state index < -0.39 is 0 Å². The largest absolute Gasteiger partial charge is 0.383 e. The maximum Gasteiger partial charge on any atom is 0.0701 e. The van der Waals surface area contributed by atoms with E-state index in [2.05, 4.69) is 47.2 Å². The van der Waals surface area contributed by atoms with E-state index in [0.29, 0.717) is 33.0 Å². The van der Waals surface area contributed by atoms with Crippen LogP contribution < -0.4 is 5.32 Å². The molecule has 0 atom stereocenters. The standard InChI is InChI=1S/C15H24BrNO3/c1-12-10-14(11-13(2)15(12)16)17-4-5-19-8-9-20-7-6-18-3/h10-11,17H,4-9H2,1-3H3. The van der Waals surface area contributed by atoms with Crippen molar-refractivity contribution in [3.63, 3.8) is 0 Å². The number of aryl methyl sites for hydroxylation is 2. The maximum atomic E-state index is 5.48. The molecule has 1 aromatic carbocycles. The van der Waals surface area contributed by atoms with Crippen molar-refractivity contribution in [1.29, 1.82) is 0 Å². The number of hydrogen-bond acceptors (Lipinski definition) is 4. The van der Waals surface area contributed by atoms with Crippen LogP contribution in [0.5, 0.6) is 0 Å². The normalized spacial score (nSPS) is 10.8. The Morgan fingerprint density at radius 1 is 0.950 bits per heavy atom. The Morgan fingerprint density at radius 2 is 1.50 bits per heavy atom. The molecule has 0 saturated heterocycles. The molecule has 0 fully saturated rings. The number of halogens is 1. The van der Waals surface area contributed by atoms with Crippen LogP contribution in [0.4, 0.5) is 5.69 Å². The van der Waals surface area contributed by atoms with Crippen molar-refractivity contribution in [1.82, 2.24) is 0 Å². The van der Waals surface area contributed by atoms with E-state index in [0.717, 1.165) is 12.2 Å². The molecule has 0 saturated carbocycles. The summed E-state index contributed by atoms with van der Waals surface area (Å²) in [4.78, 5) is 0. The van der Waals surface area contributed by atoms with Crippen molar-refractivity contribution in [2.75, 3.05) is 52.0 Å². The molecule has 0 radical (unpaired) electrons. The van der Waals surface area contributed by atoms with Gasteiger partial charge in [-0.15, -0.1) is 0 Å². The van der Waals surface area contributed by atoms with Crippen molar-refractivity contribution < 1.29 is 14.2 Å². The summed E-state index contributed by atoms with van der Waals surface area (Å²) < 4.78 is 16.8. The van der Waals surface area contributed by atoms with Crippen molar-refractivity contribution in [3.05, 3.63) is 27.7 Å². The quantitative estimate of drug-likeness (QED) is 0.661. The fourth-order valence-electron chi connectivity index (χ4n) is 1.78. The Kier molecular flexibility index (Phi) is 8.85. The third kappa shape index (κ3) is 6.70. The predicted octanol–water partition coefficient (Wildman–Crippen LogP) is 3.16. The van der Waals surface area contributed by atoms with Crippen LogP contribution >= 0.6 is 15.9 Å². The molecule has 0 amide bonds. The van der Waals surface area contributed by atoms with E-state index in [1.807, 2.05) is 0 Å². The first-order chi connectivity index (χ1) is 9.65. The molecule has 0 aliphatic rings. The van der Waals surface area contributed by atoms with Gasteiger partial charge in [0.1, 0.15) is 0 Å². The molecule has 0 spiro atoms. The van der Waals surface area contributed by atoms with Crippen LogP contribution in [0.25, 0.3) is 0 Å². The number of rotatable bonds is 10. The Balaban J connectivity index is 2.10. The lowest BCUT2D eigenvalue weighted by atomic mass is 10.1. The third-order valence-corrected chi connectivity index (χ3v) is 4.07. The topological polar surface area (TPSA) is 39.7 Å². The fraction of sp³-hybridized carbons (Fsp3) is 0.600. The number of anilines is 1. The van der Waals surface area contributed by atoms with Gasteiger partial charge in [-0.2, -0.15) is 0 Å². The van der Waals surface area contributed by atoms with Crippen LogP contribution in [0.2, 0.25) is 0 Å². The number of benzene rings is 1. The minimum absolute atomic E-state index is 0.611. The predicted molar refractivity (Wildman–Crippen MR) is 85.6 cm³/mol. The molecule has 0 aromatic heterocycles. The molecule has 0 aliphatic carbocycles. The molecule has 0 heterocycles. The Labute approximate surface area is 129 Å². The minimum Gasteiger partial charge on any atom is -0.383 e. The van der Waals surface area contributed by atoms with Crippen molar-refractivity contribution in [2.24, 2.45) is 0 Å². The number of hydrogen-bond donors (Lipinski definition) is 1. The summed E-state index contributed by atoms with van der Waals surface area (Å²) in [7, 11) is 1.66. The minimum atomic E-state index is 0.611. The zero-order chi connectivity index (χ0) is 14.8. The summed E-state index contributed by atoms with van der Waals surface area (Å²) in [5.41, 5.74) is 3.60. The molecule has 20 heavy (non-hydrogen) atoms. The highest BCUT2D eigenvalue weighted by molar-refractivity contribution is 9.10. The number of ether oxygens (including phenoxy) is 3. The highest BCUT2D eigenvalue weighted by atomic mass is 79.9. The summed E-state index contributed by atoms with van der Waals surface area (Å²) in [5, 5.41) is 3.36. The van der Waals surface area contributed by atoms with Gasteiger partial charge < -0.3 is 19.5 Å². The van der Waals surface area contributed by atoms with Crippen molar-refractivity contribution >= 4 is 21.6 Å². The summed E-state index contributed by atoms with van der Waals surface area (Å²) in [6.45, 7) is 8.12. The molecule has 4 nitrogen and oxygen atoms in total. The molecule has 0 bridgehead atoms. The van der Waals surface area contributed by atoms with Gasteiger partial charge in [-0.1, -0.05) is 15.9 Å². The summed E-state index contributed by atoms with van der Waals surface area (Å²) in [6, 6.07) is 4.26. The molecule has 114 valence electrons. The van der Waals surface area contributed by atoms with E-state index in [1.54, 1.807) is 7.11 Å². The molecule has 0 unspecified atom stereocenters. The Hall–Kier alpha value is -0.620. The van der Waals surface area contributed by atoms with Crippen LogP contribution in [-0.2, 0) is 14.2 Å². The summed E-state index contributed by atoms with van der Waals surface area (Å²) in [5.74, 6) is 0. The molecular formula is C15H24BrNO3. The van der Waals surface area contributed by atoms with Gasteiger partial charge in [0.2, 0.25) is 0 Å². The van der Waals surface area contributed by atoms with Gasteiger partial charge >= 0.3 is 0 Å². The molecule has 5 heteroatoms. The van der Waals surface area contributed by atoms with Gasteiger partial charge in [0, 0.05) is 23.8 Å². The lowest BCUT2D eigenvalue weighted by Gasteiger charge is -2.11. The van der Waals surface area contributed by atoms with Crippen LogP contribution in [0.3, 0.4) is 0 Å². The third-order valence-electron chi connectivity index (χ3n) is 2.82. The van der Waals surface area contributed by atoms with Crippen molar-refractivity contribution in [3.8, 4) is 0 Å². The van der Waals surface area contributed by atoms with E-state index in [4.69, 9.17) is 14.2 Å². The Morgan fingerprint density at radius 3 is 2.10 bits per heavy atom. The van der Waals surface area contributed by atoms with Crippen LogP contribution in [-0.4, -0.2) is 46.7 Å². The van der Waals surface area contributed by atoms with Gasteiger partial charge in [-0.05, 0) is 37.1 Å². The number of methoxy groups -OCH3 is 1. The molecule has 1 aromatic rings. The highest BCUT2D eigenvalue weighted by Crippen LogP contribution is 2.24. The molecule has 1 rings (SSSR count). The molecular weight excluding hydrogens is 322 g/mol.